The standard InChI is InChI=1S/C14H22/c1-3-4-6-9-13(2)12-14-10-7-5-8-11-14/h5,7-8,10-11,13H,3-4,6,9,12H2,1-2H3. The fraction of sp³-hybridized carbons (Fsp3) is 0.571. The second kappa shape index (κ2) is 6.64. The number of hydrogen-bond acceptors (Lipinski definition) is 0. The van der Waals surface area contributed by atoms with Crippen molar-refractivity contribution in [3.8, 4) is 0 Å². The quantitative estimate of drug-likeness (QED) is 0.581. The van der Waals surface area contributed by atoms with Gasteiger partial charge in [-0.3, -0.25) is 0 Å². The molecule has 0 aliphatic rings. The van der Waals surface area contributed by atoms with E-state index in [0.717, 1.165) is 5.92 Å². The average Bonchev–Trinajstić information content (AvgIpc) is 2.20. The van der Waals surface area contributed by atoms with Crippen LogP contribution >= 0.6 is 0 Å². The molecule has 1 aromatic rings. The van der Waals surface area contributed by atoms with Crippen LogP contribution in [0.15, 0.2) is 30.3 Å². The van der Waals surface area contributed by atoms with Crippen LogP contribution in [0, 0.1) is 5.92 Å². The maximum atomic E-state index is 2.36. The van der Waals surface area contributed by atoms with Crippen LogP contribution in [-0.2, 0) is 6.42 Å². The summed E-state index contributed by atoms with van der Waals surface area (Å²) in [6, 6.07) is 10.8. The van der Waals surface area contributed by atoms with Crippen molar-refractivity contribution in [1.82, 2.24) is 0 Å². The molecule has 0 radical (unpaired) electrons. The Hall–Kier alpha value is -0.780. The zero-order valence-electron chi connectivity index (χ0n) is 9.50. The zero-order valence-corrected chi connectivity index (χ0v) is 9.50. The van der Waals surface area contributed by atoms with Crippen LogP contribution in [0.3, 0.4) is 0 Å². The first-order valence-corrected chi connectivity index (χ1v) is 5.87. The van der Waals surface area contributed by atoms with Crippen molar-refractivity contribution in [3.05, 3.63) is 35.9 Å². The topological polar surface area (TPSA) is 0 Å². The van der Waals surface area contributed by atoms with Crippen molar-refractivity contribution < 1.29 is 0 Å². The molecule has 1 rings (SSSR count). The molecule has 78 valence electrons. The summed E-state index contributed by atoms with van der Waals surface area (Å²) in [5.74, 6) is 0.837. The highest BCUT2D eigenvalue weighted by molar-refractivity contribution is 5.14. The van der Waals surface area contributed by atoms with Crippen LogP contribution < -0.4 is 0 Å². The summed E-state index contributed by atoms with van der Waals surface area (Å²) in [7, 11) is 0. The number of hydrogen-bond donors (Lipinski definition) is 0. The van der Waals surface area contributed by atoms with Gasteiger partial charge in [-0.1, -0.05) is 69.9 Å². The monoisotopic (exact) mass is 190 g/mol. The van der Waals surface area contributed by atoms with Gasteiger partial charge < -0.3 is 0 Å². The molecule has 0 heteroatoms. The van der Waals surface area contributed by atoms with Crippen molar-refractivity contribution in [2.45, 2.75) is 46.0 Å². The largest absolute Gasteiger partial charge is 0.0654 e. The maximum absolute atomic E-state index is 2.36. The first-order valence-electron chi connectivity index (χ1n) is 5.87. The number of rotatable bonds is 6. The second-order valence-electron chi connectivity index (χ2n) is 4.29. The molecule has 0 saturated carbocycles. The Bertz CT molecular complexity index is 225. The van der Waals surface area contributed by atoms with Gasteiger partial charge in [0.1, 0.15) is 0 Å². The average molecular weight is 190 g/mol. The Morgan fingerprint density at radius 2 is 1.79 bits per heavy atom. The van der Waals surface area contributed by atoms with Gasteiger partial charge in [0.15, 0.2) is 0 Å². The summed E-state index contributed by atoms with van der Waals surface area (Å²) in [4.78, 5) is 0. The predicted molar refractivity (Wildman–Crippen MR) is 63.5 cm³/mol. The Balaban J connectivity index is 2.23. The third-order valence-corrected chi connectivity index (χ3v) is 2.73. The molecule has 0 N–H and O–H groups in total. The summed E-state index contributed by atoms with van der Waals surface area (Å²) in [6.45, 7) is 4.63. The van der Waals surface area contributed by atoms with Crippen LogP contribution in [-0.4, -0.2) is 0 Å². The molecule has 1 atom stereocenters. The highest BCUT2D eigenvalue weighted by atomic mass is 14.1. The molecule has 14 heavy (non-hydrogen) atoms. The smallest absolute Gasteiger partial charge is 0.0253 e. The predicted octanol–water partition coefficient (Wildman–Crippen LogP) is 4.45. The SMILES string of the molecule is CCCCCC(C)Cc1ccccc1. The lowest BCUT2D eigenvalue weighted by Gasteiger charge is -2.10. The molecule has 0 aliphatic carbocycles. The van der Waals surface area contributed by atoms with Gasteiger partial charge in [-0.25, -0.2) is 0 Å². The van der Waals surface area contributed by atoms with Crippen LogP contribution in [0.5, 0.6) is 0 Å². The van der Waals surface area contributed by atoms with Gasteiger partial charge in [0.2, 0.25) is 0 Å². The number of unbranched alkanes of at least 4 members (excludes halogenated alkanes) is 2. The first-order chi connectivity index (χ1) is 6.83. The molecular formula is C14H22. The van der Waals surface area contributed by atoms with Gasteiger partial charge >= 0.3 is 0 Å². The Kier molecular flexibility index (Phi) is 5.36. The van der Waals surface area contributed by atoms with E-state index >= 15 is 0 Å². The van der Waals surface area contributed by atoms with Gasteiger partial charge in [0.05, 0.1) is 0 Å². The van der Waals surface area contributed by atoms with Crippen LogP contribution in [0.1, 0.15) is 45.1 Å². The maximum Gasteiger partial charge on any atom is -0.0253 e. The van der Waals surface area contributed by atoms with E-state index in [9.17, 15) is 0 Å². The highest BCUT2D eigenvalue weighted by Crippen LogP contribution is 2.14. The van der Waals surface area contributed by atoms with E-state index in [4.69, 9.17) is 0 Å². The molecule has 0 fully saturated rings. The van der Waals surface area contributed by atoms with Crippen LogP contribution in [0.2, 0.25) is 0 Å². The summed E-state index contributed by atoms with van der Waals surface area (Å²) in [5, 5.41) is 0. The molecule has 1 aromatic carbocycles. The van der Waals surface area contributed by atoms with Gasteiger partial charge in [0, 0.05) is 0 Å². The fourth-order valence-corrected chi connectivity index (χ4v) is 1.86. The third-order valence-electron chi connectivity index (χ3n) is 2.73. The van der Waals surface area contributed by atoms with E-state index < -0.39 is 0 Å². The molecule has 0 spiro atoms. The van der Waals surface area contributed by atoms with Gasteiger partial charge in [-0.15, -0.1) is 0 Å². The van der Waals surface area contributed by atoms with Gasteiger partial charge in [0.25, 0.3) is 0 Å². The molecule has 0 bridgehead atoms. The molecule has 0 aromatic heterocycles. The van der Waals surface area contributed by atoms with Gasteiger partial charge in [-0.05, 0) is 17.9 Å². The van der Waals surface area contributed by atoms with Gasteiger partial charge in [-0.2, -0.15) is 0 Å². The molecular weight excluding hydrogens is 168 g/mol. The Morgan fingerprint density at radius 1 is 1.07 bits per heavy atom. The Labute approximate surface area is 88.4 Å². The molecule has 0 saturated heterocycles. The lowest BCUT2D eigenvalue weighted by atomic mass is 9.96. The summed E-state index contributed by atoms with van der Waals surface area (Å²) < 4.78 is 0. The normalized spacial score (nSPS) is 12.7. The van der Waals surface area contributed by atoms with Crippen LogP contribution in [0.4, 0.5) is 0 Å². The van der Waals surface area contributed by atoms with Crippen molar-refractivity contribution in [2.24, 2.45) is 5.92 Å². The van der Waals surface area contributed by atoms with Crippen molar-refractivity contribution >= 4 is 0 Å². The van der Waals surface area contributed by atoms with E-state index in [2.05, 4.69) is 44.2 Å². The van der Waals surface area contributed by atoms with Crippen molar-refractivity contribution in [2.75, 3.05) is 0 Å². The van der Waals surface area contributed by atoms with E-state index in [1.165, 1.54) is 37.7 Å². The van der Waals surface area contributed by atoms with E-state index in [-0.39, 0.29) is 0 Å². The molecule has 0 heterocycles. The lowest BCUT2D eigenvalue weighted by molar-refractivity contribution is 0.493. The summed E-state index contributed by atoms with van der Waals surface area (Å²) in [5.41, 5.74) is 1.48. The van der Waals surface area contributed by atoms with Crippen molar-refractivity contribution in [3.63, 3.8) is 0 Å². The molecule has 0 aliphatic heterocycles. The van der Waals surface area contributed by atoms with Crippen molar-refractivity contribution in [1.29, 1.82) is 0 Å². The fourth-order valence-electron chi connectivity index (χ4n) is 1.86. The van der Waals surface area contributed by atoms with E-state index in [1.54, 1.807) is 0 Å². The molecule has 1 unspecified atom stereocenters. The first kappa shape index (κ1) is 11.3. The molecule has 0 amide bonds. The van der Waals surface area contributed by atoms with Crippen LogP contribution in [0.25, 0.3) is 0 Å². The number of benzene rings is 1. The summed E-state index contributed by atoms with van der Waals surface area (Å²) in [6.07, 6.45) is 6.73. The second-order valence-corrected chi connectivity index (χ2v) is 4.29. The minimum absolute atomic E-state index is 0.837. The van der Waals surface area contributed by atoms with E-state index in [0.29, 0.717) is 0 Å². The lowest BCUT2D eigenvalue weighted by Crippen LogP contribution is -1.99. The summed E-state index contributed by atoms with van der Waals surface area (Å²) >= 11 is 0. The minimum Gasteiger partial charge on any atom is -0.0654 e. The Morgan fingerprint density at radius 3 is 2.43 bits per heavy atom. The van der Waals surface area contributed by atoms with E-state index in [1.807, 2.05) is 0 Å². The third kappa shape index (κ3) is 4.45. The zero-order chi connectivity index (χ0) is 10.2. The minimum atomic E-state index is 0.837. The highest BCUT2D eigenvalue weighted by Gasteiger charge is 2.02. The molecule has 0 nitrogen and oxygen atoms in total.